The SMILES string of the molecule is COc1ccc(N=C(Nc2ccc(OC)cc2)N2CCN(C)CC2)cc1. The minimum absolute atomic E-state index is 0.827. The second-order valence-electron chi connectivity index (χ2n) is 6.28. The Kier molecular flexibility index (Phi) is 5.96. The van der Waals surface area contributed by atoms with Gasteiger partial charge in [0.2, 0.25) is 5.96 Å². The van der Waals surface area contributed by atoms with E-state index in [1.54, 1.807) is 14.2 Å². The molecule has 0 aromatic heterocycles. The van der Waals surface area contributed by atoms with Gasteiger partial charge in [-0.05, 0) is 55.6 Å². The monoisotopic (exact) mass is 354 g/mol. The molecule has 0 saturated carbocycles. The van der Waals surface area contributed by atoms with Crippen LogP contribution in [0.3, 0.4) is 0 Å². The van der Waals surface area contributed by atoms with Crippen molar-refractivity contribution in [2.45, 2.75) is 0 Å². The van der Waals surface area contributed by atoms with Crippen molar-refractivity contribution in [2.24, 2.45) is 4.99 Å². The van der Waals surface area contributed by atoms with Crippen molar-refractivity contribution >= 4 is 17.3 Å². The smallest absolute Gasteiger partial charge is 0.203 e. The van der Waals surface area contributed by atoms with Gasteiger partial charge in [0.05, 0.1) is 19.9 Å². The third-order valence-electron chi connectivity index (χ3n) is 4.46. The highest BCUT2D eigenvalue weighted by Gasteiger charge is 2.18. The highest BCUT2D eigenvalue weighted by molar-refractivity contribution is 5.95. The van der Waals surface area contributed by atoms with E-state index in [4.69, 9.17) is 14.5 Å². The number of methoxy groups -OCH3 is 2. The fourth-order valence-corrected chi connectivity index (χ4v) is 2.78. The number of hydrogen-bond acceptors (Lipinski definition) is 4. The molecule has 6 nitrogen and oxygen atoms in total. The number of aliphatic imine (C=N–C) groups is 1. The summed E-state index contributed by atoms with van der Waals surface area (Å²) in [4.78, 5) is 9.46. The number of nitrogens with one attached hydrogen (secondary N) is 1. The summed E-state index contributed by atoms with van der Waals surface area (Å²) in [6.07, 6.45) is 0. The molecular weight excluding hydrogens is 328 g/mol. The molecule has 138 valence electrons. The van der Waals surface area contributed by atoms with Gasteiger partial charge < -0.3 is 24.6 Å². The Balaban J connectivity index is 1.83. The van der Waals surface area contributed by atoms with Crippen molar-refractivity contribution in [1.29, 1.82) is 0 Å². The number of nitrogens with zero attached hydrogens (tertiary/aromatic N) is 3. The van der Waals surface area contributed by atoms with Gasteiger partial charge in [-0.15, -0.1) is 0 Å². The molecule has 0 radical (unpaired) electrons. The van der Waals surface area contributed by atoms with E-state index in [9.17, 15) is 0 Å². The van der Waals surface area contributed by atoms with Crippen LogP contribution in [0.2, 0.25) is 0 Å². The van der Waals surface area contributed by atoms with Crippen LogP contribution in [0, 0.1) is 0 Å². The third-order valence-corrected chi connectivity index (χ3v) is 4.46. The van der Waals surface area contributed by atoms with Crippen molar-refractivity contribution in [1.82, 2.24) is 9.80 Å². The average molecular weight is 354 g/mol. The average Bonchev–Trinajstić information content (AvgIpc) is 2.69. The maximum Gasteiger partial charge on any atom is 0.203 e. The van der Waals surface area contributed by atoms with Gasteiger partial charge in [-0.2, -0.15) is 0 Å². The molecular formula is C20H26N4O2. The molecule has 0 spiro atoms. The Morgan fingerprint density at radius 3 is 1.92 bits per heavy atom. The van der Waals surface area contributed by atoms with Crippen LogP contribution in [-0.2, 0) is 0 Å². The summed E-state index contributed by atoms with van der Waals surface area (Å²) in [5, 5.41) is 3.46. The predicted octanol–water partition coefficient (Wildman–Crippen LogP) is 3.05. The summed E-state index contributed by atoms with van der Waals surface area (Å²) in [6, 6.07) is 15.7. The van der Waals surface area contributed by atoms with E-state index in [2.05, 4.69) is 22.2 Å². The van der Waals surface area contributed by atoms with Crippen LogP contribution in [0.4, 0.5) is 11.4 Å². The second-order valence-corrected chi connectivity index (χ2v) is 6.28. The Morgan fingerprint density at radius 1 is 0.846 bits per heavy atom. The van der Waals surface area contributed by atoms with Crippen LogP contribution in [0.1, 0.15) is 0 Å². The van der Waals surface area contributed by atoms with E-state index in [0.29, 0.717) is 0 Å². The van der Waals surface area contributed by atoms with Crippen LogP contribution >= 0.6 is 0 Å². The van der Waals surface area contributed by atoms with Crippen molar-refractivity contribution in [3.63, 3.8) is 0 Å². The summed E-state index contributed by atoms with van der Waals surface area (Å²) >= 11 is 0. The Hall–Kier alpha value is -2.73. The molecule has 6 heteroatoms. The molecule has 1 aliphatic heterocycles. The first-order chi connectivity index (χ1) is 12.7. The van der Waals surface area contributed by atoms with Crippen LogP contribution in [-0.4, -0.2) is 63.2 Å². The van der Waals surface area contributed by atoms with Gasteiger partial charge in [0.1, 0.15) is 11.5 Å². The highest BCUT2D eigenvalue weighted by Crippen LogP contribution is 2.20. The van der Waals surface area contributed by atoms with Crippen molar-refractivity contribution in [3.8, 4) is 11.5 Å². The van der Waals surface area contributed by atoms with E-state index in [0.717, 1.165) is 55.0 Å². The zero-order valence-corrected chi connectivity index (χ0v) is 15.6. The molecule has 2 aromatic rings. The maximum atomic E-state index is 5.23. The van der Waals surface area contributed by atoms with Gasteiger partial charge in [-0.1, -0.05) is 0 Å². The Bertz CT molecular complexity index is 720. The van der Waals surface area contributed by atoms with Gasteiger partial charge in [0.15, 0.2) is 0 Å². The quantitative estimate of drug-likeness (QED) is 0.676. The number of anilines is 1. The molecule has 0 aliphatic carbocycles. The topological polar surface area (TPSA) is 49.3 Å². The lowest BCUT2D eigenvalue weighted by Gasteiger charge is -2.34. The lowest BCUT2D eigenvalue weighted by Crippen LogP contribution is -2.49. The number of ether oxygens (including phenoxy) is 2. The highest BCUT2D eigenvalue weighted by atomic mass is 16.5. The first-order valence-electron chi connectivity index (χ1n) is 8.75. The minimum Gasteiger partial charge on any atom is -0.497 e. The molecule has 3 rings (SSSR count). The molecule has 1 fully saturated rings. The van der Waals surface area contributed by atoms with Crippen molar-refractivity contribution in [2.75, 3.05) is 52.8 Å². The lowest BCUT2D eigenvalue weighted by molar-refractivity contribution is 0.215. The van der Waals surface area contributed by atoms with Crippen molar-refractivity contribution < 1.29 is 9.47 Å². The fraction of sp³-hybridized carbons (Fsp3) is 0.350. The molecule has 1 aliphatic rings. The predicted molar refractivity (Wildman–Crippen MR) is 106 cm³/mol. The summed E-state index contributed by atoms with van der Waals surface area (Å²) in [5.41, 5.74) is 1.87. The molecule has 2 aromatic carbocycles. The number of guanidine groups is 1. The molecule has 1 heterocycles. The van der Waals surface area contributed by atoms with Gasteiger partial charge >= 0.3 is 0 Å². The fourth-order valence-electron chi connectivity index (χ4n) is 2.78. The summed E-state index contributed by atoms with van der Waals surface area (Å²) in [6.45, 7) is 3.92. The van der Waals surface area contributed by atoms with Crippen LogP contribution < -0.4 is 14.8 Å². The summed E-state index contributed by atoms with van der Waals surface area (Å²) in [5.74, 6) is 2.52. The largest absolute Gasteiger partial charge is 0.497 e. The normalized spacial score (nSPS) is 15.7. The number of hydrogen-bond donors (Lipinski definition) is 1. The molecule has 1 saturated heterocycles. The van der Waals surface area contributed by atoms with E-state index in [-0.39, 0.29) is 0 Å². The Labute approximate surface area is 155 Å². The molecule has 0 unspecified atom stereocenters. The van der Waals surface area contributed by atoms with Crippen LogP contribution in [0.25, 0.3) is 0 Å². The number of benzene rings is 2. The molecule has 1 N–H and O–H groups in total. The van der Waals surface area contributed by atoms with E-state index in [1.807, 2.05) is 48.5 Å². The van der Waals surface area contributed by atoms with Gasteiger partial charge in [0, 0.05) is 31.9 Å². The molecule has 0 atom stereocenters. The second kappa shape index (κ2) is 8.58. The standard InChI is InChI=1S/C20H26N4O2/c1-23-12-14-24(15-13-23)20(21-16-4-8-18(25-2)9-5-16)22-17-6-10-19(26-3)11-7-17/h4-11H,12-15H2,1-3H3,(H,21,22). The lowest BCUT2D eigenvalue weighted by atomic mass is 10.3. The molecule has 0 amide bonds. The summed E-state index contributed by atoms with van der Waals surface area (Å²) < 4.78 is 10.5. The van der Waals surface area contributed by atoms with Gasteiger partial charge in [-0.25, -0.2) is 4.99 Å². The van der Waals surface area contributed by atoms with E-state index >= 15 is 0 Å². The number of rotatable bonds is 4. The maximum absolute atomic E-state index is 5.23. The number of piperazine rings is 1. The zero-order chi connectivity index (χ0) is 18.4. The zero-order valence-electron chi connectivity index (χ0n) is 15.6. The van der Waals surface area contributed by atoms with E-state index < -0.39 is 0 Å². The van der Waals surface area contributed by atoms with Crippen molar-refractivity contribution in [3.05, 3.63) is 48.5 Å². The summed E-state index contributed by atoms with van der Waals surface area (Å²) in [7, 11) is 5.48. The first-order valence-corrected chi connectivity index (χ1v) is 8.75. The number of likely N-dealkylation sites (N-methyl/N-ethyl adjacent to an activating group) is 1. The minimum atomic E-state index is 0.827. The van der Waals surface area contributed by atoms with Crippen LogP contribution in [0.15, 0.2) is 53.5 Å². The molecule has 0 bridgehead atoms. The van der Waals surface area contributed by atoms with Gasteiger partial charge in [0.25, 0.3) is 0 Å². The third kappa shape index (κ3) is 4.67. The Morgan fingerprint density at radius 2 is 1.38 bits per heavy atom. The van der Waals surface area contributed by atoms with Crippen LogP contribution in [0.5, 0.6) is 11.5 Å². The first kappa shape index (κ1) is 18.1. The van der Waals surface area contributed by atoms with Gasteiger partial charge in [-0.3, -0.25) is 0 Å². The van der Waals surface area contributed by atoms with E-state index in [1.165, 1.54) is 0 Å². The molecule has 26 heavy (non-hydrogen) atoms.